The highest BCUT2D eigenvalue weighted by Gasteiger charge is 2.34. The summed E-state index contributed by atoms with van der Waals surface area (Å²) < 4.78 is 13.4. The van der Waals surface area contributed by atoms with Crippen LogP contribution in [0.5, 0.6) is 0 Å². The summed E-state index contributed by atoms with van der Waals surface area (Å²) in [5, 5.41) is 2.48. The third kappa shape index (κ3) is 4.42. The minimum Gasteiger partial charge on any atom is -0.346 e. The molecular weight excluding hydrogens is 309 g/mol. The molecule has 0 aliphatic carbocycles. The van der Waals surface area contributed by atoms with Crippen molar-refractivity contribution in [3.63, 3.8) is 0 Å². The largest absolute Gasteiger partial charge is 0.346 e. The lowest BCUT2D eigenvalue weighted by molar-refractivity contribution is -0.133. The fourth-order valence-electron chi connectivity index (χ4n) is 2.70. The van der Waals surface area contributed by atoms with Crippen molar-refractivity contribution in [1.29, 1.82) is 0 Å². The van der Waals surface area contributed by atoms with Gasteiger partial charge in [-0.3, -0.25) is 9.59 Å². The SMILES string of the molecule is CC1CC(c2cccc(F)c2)N(C(=O)CNC(=O)CN)C1.Cl. The zero-order valence-electron chi connectivity index (χ0n) is 12.4. The molecular formula is C15H21ClFN3O2. The van der Waals surface area contributed by atoms with E-state index in [-0.39, 0.29) is 49.2 Å². The summed E-state index contributed by atoms with van der Waals surface area (Å²) in [6.45, 7) is 2.45. The van der Waals surface area contributed by atoms with Gasteiger partial charge in [-0.1, -0.05) is 19.1 Å². The van der Waals surface area contributed by atoms with Crippen LogP contribution in [0.25, 0.3) is 0 Å². The summed E-state index contributed by atoms with van der Waals surface area (Å²) in [5.41, 5.74) is 5.98. The van der Waals surface area contributed by atoms with Gasteiger partial charge in [-0.2, -0.15) is 0 Å². The number of amides is 2. The molecule has 1 aliphatic heterocycles. The summed E-state index contributed by atoms with van der Waals surface area (Å²) in [4.78, 5) is 25.1. The lowest BCUT2D eigenvalue weighted by atomic mass is 10.0. The minimum absolute atomic E-state index is 0. The molecule has 7 heteroatoms. The molecule has 1 fully saturated rings. The fraction of sp³-hybridized carbons (Fsp3) is 0.467. The van der Waals surface area contributed by atoms with Crippen LogP contribution >= 0.6 is 12.4 Å². The second-order valence-electron chi connectivity index (χ2n) is 5.44. The van der Waals surface area contributed by atoms with E-state index >= 15 is 0 Å². The van der Waals surface area contributed by atoms with Crippen LogP contribution in [0.2, 0.25) is 0 Å². The predicted octanol–water partition coefficient (Wildman–Crippen LogP) is 1.23. The quantitative estimate of drug-likeness (QED) is 0.872. The van der Waals surface area contributed by atoms with Gasteiger partial charge in [0.05, 0.1) is 19.1 Å². The Morgan fingerprint density at radius 3 is 2.82 bits per heavy atom. The van der Waals surface area contributed by atoms with E-state index in [1.54, 1.807) is 11.0 Å². The van der Waals surface area contributed by atoms with Gasteiger partial charge in [0.25, 0.3) is 0 Å². The van der Waals surface area contributed by atoms with Crippen molar-refractivity contribution in [3.8, 4) is 0 Å². The summed E-state index contributed by atoms with van der Waals surface area (Å²) >= 11 is 0. The van der Waals surface area contributed by atoms with Crippen molar-refractivity contribution in [2.24, 2.45) is 11.7 Å². The number of likely N-dealkylation sites (tertiary alicyclic amines) is 1. The second-order valence-corrected chi connectivity index (χ2v) is 5.44. The Balaban J connectivity index is 0.00000242. The van der Waals surface area contributed by atoms with E-state index in [1.807, 2.05) is 6.07 Å². The van der Waals surface area contributed by atoms with Gasteiger partial charge in [-0.05, 0) is 30.0 Å². The number of nitrogens with zero attached hydrogens (tertiary/aromatic N) is 1. The van der Waals surface area contributed by atoms with E-state index in [4.69, 9.17) is 5.73 Å². The number of hydrogen-bond acceptors (Lipinski definition) is 3. The van der Waals surface area contributed by atoms with Crippen molar-refractivity contribution >= 4 is 24.2 Å². The Kier molecular flexibility index (Phi) is 6.77. The van der Waals surface area contributed by atoms with E-state index in [9.17, 15) is 14.0 Å². The molecule has 3 N–H and O–H groups in total. The molecule has 0 aromatic heterocycles. The first kappa shape index (κ1) is 18.4. The molecule has 0 saturated carbocycles. The van der Waals surface area contributed by atoms with Gasteiger partial charge in [-0.15, -0.1) is 12.4 Å². The third-order valence-electron chi connectivity index (χ3n) is 3.69. The fourth-order valence-corrected chi connectivity index (χ4v) is 2.70. The third-order valence-corrected chi connectivity index (χ3v) is 3.69. The second kappa shape index (κ2) is 8.10. The molecule has 122 valence electrons. The van der Waals surface area contributed by atoms with Gasteiger partial charge in [-0.25, -0.2) is 4.39 Å². The van der Waals surface area contributed by atoms with Gasteiger partial charge in [0.15, 0.2) is 0 Å². The van der Waals surface area contributed by atoms with E-state index in [1.165, 1.54) is 12.1 Å². The first-order chi connectivity index (χ1) is 10.0. The number of rotatable bonds is 4. The number of carbonyl (C=O) groups excluding carboxylic acids is 2. The zero-order valence-corrected chi connectivity index (χ0v) is 13.2. The van der Waals surface area contributed by atoms with Gasteiger partial charge in [0.1, 0.15) is 5.82 Å². The molecule has 2 atom stereocenters. The lowest BCUT2D eigenvalue weighted by Gasteiger charge is -2.25. The Bertz CT molecular complexity index is 541. The molecule has 1 aliphatic rings. The first-order valence-electron chi connectivity index (χ1n) is 7.03. The van der Waals surface area contributed by atoms with Crippen LogP contribution in [0.3, 0.4) is 0 Å². The number of nitrogens with two attached hydrogens (primary N) is 1. The summed E-state index contributed by atoms with van der Waals surface area (Å²) in [7, 11) is 0. The van der Waals surface area contributed by atoms with Gasteiger partial charge >= 0.3 is 0 Å². The number of carbonyl (C=O) groups is 2. The molecule has 2 amide bonds. The normalized spacial score (nSPS) is 20.4. The van der Waals surface area contributed by atoms with Crippen molar-refractivity contribution < 1.29 is 14.0 Å². The number of halogens is 2. The maximum Gasteiger partial charge on any atom is 0.242 e. The molecule has 0 bridgehead atoms. The van der Waals surface area contributed by atoms with Crippen LogP contribution in [-0.2, 0) is 9.59 Å². The highest BCUT2D eigenvalue weighted by atomic mass is 35.5. The average Bonchev–Trinajstić information content (AvgIpc) is 2.86. The van der Waals surface area contributed by atoms with E-state index in [0.29, 0.717) is 12.5 Å². The number of benzene rings is 1. The number of hydrogen-bond donors (Lipinski definition) is 2. The molecule has 5 nitrogen and oxygen atoms in total. The summed E-state index contributed by atoms with van der Waals surface area (Å²) in [6.07, 6.45) is 0.792. The summed E-state index contributed by atoms with van der Waals surface area (Å²) in [5.74, 6) is -0.503. The van der Waals surface area contributed by atoms with Crippen LogP contribution in [0.15, 0.2) is 24.3 Å². The zero-order chi connectivity index (χ0) is 15.4. The Morgan fingerprint density at radius 2 is 2.18 bits per heavy atom. The molecule has 0 spiro atoms. The molecule has 1 heterocycles. The van der Waals surface area contributed by atoms with Crippen LogP contribution in [0, 0.1) is 11.7 Å². The maximum atomic E-state index is 13.4. The van der Waals surface area contributed by atoms with Gasteiger partial charge in [0, 0.05) is 6.54 Å². The highest BCUT2D eigenvalue weighted by Crippen LogP contribution is 2.35. The van der Waals surface area contributed by atoms with Crippen molar-refractivity contribution in [2.45, 2.75) is 19.4 Å². The van der Waals surface area contributed by atoms with Gasteiger partial charge < -0.3 is 16.0 Å². The predicted molar refractivity (Wildman–Crippen MR) is 83.9 cm³/mol. The molecule has 1 saturated heterocycles. The van der Waals surface area contributed by atoms with Crippen molar-refractivity contribution in [2.75, 3.05) is 19.6 Å². The van der Waals surface area contributed by atoms with Crippen LogP contribution in [0.1, 0.15) is 24.9 Å². The molecule has 1 aromatic rings. The Morgan fingerprint density at radius 1 is 1.45 bits per heavy atom. The van der Waals surface area contributed by atoms with E-state index in [0.717, 1.165) is 12.0 Å². The first-order valence-corrected chi connectivity index (χ1v) is 7.03. The minimum atomic E-state index is -0.363. The molecule has 2 rings (SSSR count). The van der Waals surface area contributed by atoms with Gasteiger partial charge in [0.2, 0.25) is 11.8 Å². The molecule has 1 aromatic carbocycles. The monoisotopic (exact) mass is 329 g/mol. The van der Waals surface area contributed by atoms with Crippen molar-refractivity contribution in [1.82, 2.24) is 10.2 Å². The number of nitrogens with one attached hydrogen (secondary N) is 1. The van der Waals surface area contributed by atoms with Crippen LogP contribution in [0.4, 0.5) is 4.39 Å². The standard InChI is InChI=1S/C15H20FN3O2.ClH/c1-10-5-13(11-3-2-4-12(16)6-11)19(9-10)15(21)8-18-14(20)7-17;/h2-4,6,10,13H,5,7-9,17H2,1H3,(H,18,20);1H. The molecule has 2 unspecified atom stereocenters. The maximum absolute atomic E-state index is 13.4. The Labute approximate surface area is 135 Å². The molecule has 0 radical (unpaired) electrons. The molecule has 22 heavy (non-hydrogen) atoms. The van der Waals surface area contributed by atoms with Crippen LogP contribution in [-0.4, -0.2) is 36.3 Å². The smallest absolute Gasteiger partial charge is 0.242 e. The van der Waals surface area contributed by atoms with Crippen LogP contribution < -0.4 is 11.1 Å². The topological polar surface area (TPSA) is 75.4 Å². The average molecular weight is 330 g/mol. The Hall–Kier alpha value is -1.66. The van der Waals surface area contributed by atoms with Crippen molar-refractivity contribution in [3.05, 3.63) is 35.6 Å². The lowest BCUT2D eigenvalue weighted by Crippen LogP contribution is -2.41. The van der Waals surface area contributed by atoms with E-state index < -0.39 is 0 Å². The highest BCUT2D eigenvalue weighted by molar-refractivity contribution is 5.86. The van der Waals surface area contributed by atoms with E-state index in [2.05, 4.69) is 12.2 Å². The summed E-state index contributed by atoms with van der Waals surface area (Å²) in [6, 6.07) is 6.17.